The maximum absolute atomic E-state index is 13.1. The number of carbonyl (C=O) groups excluding carboxylic acids is 2. The van der Waals surface area contributed by atoms with E-state index in [4.69, 9.17) is 0 Å². The molecule has 1 saturated heterocycles. The smallest absolute Gasteiger partial charge is 0.238 e. The Morgan fingerprint density at radius 1 is 1.17 bits per heavy atom. The fourth-order valence-corrected chi connectivity index (χ4v) is 2.72. The van der Waals surface area contributed by atoms with Gasteiger partial charge in [-0.2, -0.15) is 0 Å². The van der Waals surface area contributed by atoms with E-state index in [9.17, 15) is 14.0 Å². The Morgan fingerprint density at radius 2 is 1.87 bits per heavy atom. The van der Waals surface area contributed by atoms with Crippen LogP contribution < -0.4 is 5.32 Å². The molecule has 0 aromatic heterocycles. The first kappa shape index (κ1) is 17.4. The molecular formula is C17H24FN3O2. The summed E-state index contributed by atoms with van der Waals surface area (Å²) in [7, 11) is 1.74. The molecule has 1 heterocycles. The highest BCUT2D eigenvalue weighted by atomic mass is 19.1. The fraction of sp³-hybridized carbons (Fsp3) is 0.529. The molecule has 0 radical (unpaired) electrons. The number of hydrogen-bond donors (Lipinski definition) is 1. The summed E-state index contributed by atoms with van der Waals surface area (Å²) in [5, 5.41) is 2.63. The minimum atomic E-state index is -0.396. The number of carbonyl (C=O) groups is 2. The minimum Gasteiger partial charge on any atom is -0.342 e. The highest BCUT2D eigenvalue weighted by molar-refractivity contribution is 5.92. The molecule has 1 aliphatic heterocycles. The number of anilines is 1. The van der Waals surface area contributed by atoms with Gasteiger partial charge in [0.25, 0.3) is 0 Å². The first-order valence-corrected chi connectivity index (χ1v) is 8.06. The summed E-state index contributed by atoms with van der Waals surface area (Å²) in [6, 6.07) is 5.75. The average molecular weight is 321 g/mol. The Balaban J connectivity index is 1.77. The lowest BCUT2D eigenvalue weighted by Crippen LogP contribution is -2.41. The van der Waals surface area contributed by atoms with Crippen LogP contribution in [0.4, 0.5) is 10.1 Å². The summed E-state index contributed by atoms with van der Waals surface area (Å²) in [4.78, 5) is 27.8. The molecule has 2 amide bonds. The van der Waals surface area contributed by atoms with Crippen molar-refractivity contribution in [1.82, 2.24) is 9.80 Å². The third-order valence-electron chi connectivity index (χ3n) is 3.89. The largest absolute Gasteiger partial charge is 0.342 e. The number of rotatable bonds is 5. The molecular weight excluding hydrogens is 297 g/mol. The molecule has 2 rings (SSSR count). The Hall–Kier alpha value is -1.95. The lowest BCUT2D eigenvalue weighted by atomic mass is 10.2. The summed E-state index contributed by atoms with van der Waals surface area (Å²) in [6.07, 6.45) is 4.45. The van der Waals surface area contributed by atoms with Gasteiger partial charge in [0.15, 0.2) is 0 Å². The van der Waals surface area contributed by atoms with Gasteiger partial charge in [0, 0.05) is 18.8 Å². The molecule has 1 aromatic carbocycles. The summed E-state index contributed by atoms with van der Waals surface area (Å²) in [5.41, 5.74) is 0.419. The van der Waals surface area contributed by atoms with Gasteiger partial charge in [-0.05, 0) is 38.1 Å². The van der Waals surface area contributed by atoms with Crippen LogP contribution >= 0.6 is 0 Å². The lowest BCUT2D eigenvalue weighted by molar-refractivity contribution is -0.132. The topological polar surface area (TPSA) is 52.7 Å². The summed E-state index contributed by atoms with van der Waals surface area (Å²) >= 11 is 0. The van der Waals surface area contributed by atoms with Crippen molar-refractivity contribution in [2.45, 2.75) is 25.7 Å². The molecule has 5 nitrogen and oxygen atoms in total. The molecule has 6 heteroatoms. The molecule has 0 aliphatic carbocycles. The van der Waals surface area contributed by atoms with Crippen LogP contribution in [0.3, 0.4) is 0 Å². The Bertz CT molecular complexity index is 542. The van der Waals surface area contributed by atoms with Gasteiger partial charge < -0.3 is 10.2 Å². The van der Waals surface area contributed by atoms with E-state index in [0.717, 1.165) is 25.9 Å². The first-order valence-electron chi connectivity index (χ1n) is 8.06. The summed E-state index contributed by atoms with van der Waals surface area (Å²) in [6.45, 7) is 1.93. The van der Waals surface area contributed by atoms with Crippen LogP contribution in [0.25, 0.3) is 0 Å². The van der Waals surface area contributed by atoms with Crippen LogP contribution in [-0.2, 0) is 9.59 Å². The van der Waals surface area contributed by atoms with Crippen molar-refractivity contribution in [2.24, 2.45) is 0 Å². The van der Waals surface area contributed by atoms with Gasteiger partial charge in [-0.25, -0.2) is 4.39 Å². The van der Waals surface area contributed by atoms with E-state index in [1.807, 2.05) is 4.90 Å². The van der Waals surface area contributed by atoms with Gasteiger partial charge in [-0.15, -0.1) is 0 Å². The monoisotopic (exact) mass is 321 g/mol. The predicted molar refractivity (Wildman–Crippen MR) is 87.6 cm³/mol. The van der Waals surface area contributed by atoms with Crippen molar-refractivity contribution in [3.8, 4) is 0 Å². The summed E-state index contributed by atoms with van der Waals surface area (Å²) < 4.78 is 13.1. The molecule has 23 heavy (non-hydrogen) atoms. The van der Waals surface area contributed by atoms with E-state index < -0.39 is 5.82 Å². The number of likely N-dealkylation sites (N-methyl/N-ethyl adjacent to an activating group) is 1. The van der Waals surface area contributed by atoms with Gasteiger partial charge >= 0.3 is 0 Å². The number of amides is 2. The van der Waals surface area contributed by atoms with Crippen molar-refractivity contribution in [1.29, 1.82) is 0 Å². The molecule has 0 spiro atoms. The molecule has 0 atom stereocenters. The number of benzene rings is 1. The van der Waals surface area contributed by atoms with Gasteiger partial charge in [-0.1, -0.05) is 18.9 Å². The molecule has 0 saturated carbocycles. The number of nitrogens with zero attached hydrogens (tertiary/aromatic N) is 2. The zero-order valence-electron chi connectivity index (χ0n) is 13.6. The maximum atomic E-state index is 13.1. The zero-order chi connectivity index (χ0) is 16.7. The van der Waals surface area contributed by atoms with Crippen molar-refractivity contribution in [3.63, 3.8) is 0 Å². The Morgan fingerprint density at radius 3 is 2.52 bits per heavy atom. The van der Waals surface area contributed by atoms with Gasteiger partial charge in [0.05, 0.1) is 13.1 Å². The molecule has 1 fully saturated rings. The van der Waals surface area contributed by atoms with E-state index in [0.29, 0.717) is 5.69 Å². The van der Waals surface area contributed by atoms with Gasteiger partial charge in [-0.3, -0.25) is 14.5 Å². The third kappa shape index (κ3) is 5.98. The zero-order valence-corrected chi connectivity index (χ0v) is 13.6. The van der Waals surface area contributed by atoms with Crippen molar-refractivity contribution < 1.29 is 14.0 Å². The summed E-state index contributed by atoms with van der Waals surface area (Å²) in [5.74, 6) is -0.595. The second kappa shape index (κ2) is 8.62. The second-order valence-electron chi connectivity index (χ2n) is 6.03. The maximum Gasteiger partial charge on any atom is 0.238 e. The Labute approximate surface area is 136 Å². The van der Waals surface area contributed by atoms with E-state index in [1.165, 1.54) is 31.0 Å². The highest BCUT2D eigenvalue weighted by Gasteiger charge is 2.18. The number of hydrogen-bond acceptors (Lipinski definition) is 3. The lowest BCUT2D eigenvalue weighted by Gasteiger charge is -2.23. The SMILES string of the molecule is CN(CC(=O)Nc1cccc(F)c1)CC(=O)N1CCCCCC1. The minimum absolute atomic E-state index is 0.0629. The van der Waals surface area contributed by atoms with Crippen molar-refractivity contribution >= 4 is 17.5 Å². The van der Waals surface area contributed by atoms with Crippen LogP contribution in [0.5, 0.6) is 0 Å². The molecule has 1 N–H and O–H groups in total. The van der Waals surface area contributed by atoms with Crippen LogP contribution in [0.2, 0.25) is 0 Å². The third-order valence-corrected chi connectivity index (χ3v) is 3.89. The molecule has 0 unspecified atom stereocenters. The number of likely N-dealkylation sites (tertiary alicyclic amines) is 1. The highest BCUT2D eigenvalue weighted by Crippen LogP contribution is 2.11. The van der Waals surface area contributed by atoms with Crippen LogP contribution in [0.1, 0.15) is 25.7 Å². The van der Waals surface area contributed by atoms with E-state index in [2.05, 4.69) is 5.32 Å². The van der Waals surface area contributed by atoms with Crippen LogP contribution in [0, 0.1) is 5.82 Å². The fourth-order valence-electron chi connectivity index (χ4n) is 2.72. The molecule has 126 valence electrons. The Kier molecular flexibility index (Phi) is 6.52. The van der Waals surface area contributed by atoms with Crippen molar-refractivity contribution in [3.05, 3.63) is 30.1 Å². The number of nitrogens with one attached hydrogen (secondary N) is 1. The average Bonchev–Trinajstić information content (AvgIpc) is 2.75. The first-order chi connectivity index (χ1) is 11.0. The molecule has 1 aliphatic rings. The predicted octanol–water partition coefficient (Wildman–Crippen LogP) is 2.10. The van der Waals surface area contributed by atoms with Gasteiger partial charge in [0.1, 0.15) is 5.82 Å². The molecule has 1 aromatic rings. The van der Waals surface area contributed by atoms with Crippen molar-refractivity contribution in [2.75, 3.05) is 38.5 Å². The molecule has 0 bridgehead atoms. The van der Waals surface area contributed by atoms with Gasteiger partial charge in [0.2, 0.25) is 11.8 Å². The van der Waals surface area contributed by atoms with E-state index >= 15 is 0 Å². The van der Waals surface area contributed by atoms with E-state index in [-0.39, 0.29) is 24.9 Å². The standard InChI is InChI=1S/C17H24FN3O2/c1-20(13-17(23)21-9-4-2-3-5-10-21)12-16(22)19-15-8-6-7-14(18)11-15/h6-8,11H,2-5,9-10,12-13H2,1H3,(H,19,22). The van der Waals surface area contributed by atoms with E-state index in [1.54, 1.807) is 18.0 Å². The second-order valence-corrected chi connectivity index (χ2v) is 6.03. The number of halogens is 1. The van der Waals surface area contributed by atoms with Crippen LogP contribution in [-0.4, -0.2) is 54.8 Å². The normalized spacial score (nSPS) is 15.3. The quantitative estimate of drug-likeness (QED) is 0.903. The van der Waals surface area contributed by atoms with Crippen LogP contribution in [0.15, 0.2) is 24.3 Å².